The fourth-order valence-electron chi connectivity index (χ4n) is 2.90. The molecule has 2 unspecified atom stereocenters. The van der Waals surface area contributed by atoms with E-state index in [-0.39, 0.29) is 12.2 Å². The van der Waals surface area contributed by atoms with Gasteiger partial charge in [-0.15, -0.1) is 0 Å². The summed E-state index contributed by atoms with van der Waals surface area (Å²) in [6.45, 7) is 3.48. The maximum atomic E-state index is 11.0. The van der Waals surface area contributed by atoms with E-state index in [1.165, 1.54) is 10.5 Å². The van der Waals surface area contributed by atoms with Crippen LogP contribution in [-0.2, 0) is 11.3 Å². The fourth-order valence-corrected chi connectivity index (χ4v) is 2.90. The average Bonchev–Trinajstić information content (AvgIpc) is 2.38. The molecule has 1 aromatic rings. The van der Waals surface area contributed by atoms with Crippen molar-refractivity contribution < 1.29 is 14.6 Å². The number of amides is 1. The largest absolute Gasteiger partial charge is 0.465 e. The molecule has 2 fully saturated rings. The zero-order valence-corrected chi connectivity index (χ0v) is 10.7. The van der Waals surface area contributed by atoms with Crippen LogP contribution in [0.4, 0.5) is 4.79 Å². The van der Waals surface area contributed by atoms with Crippen molar-refractivity contribution in [3.8, 4) is 0 Å². The second kappa shape index (κ2) is 5.19. The van der Waals surface area contributed by atoms with E-state index in [4.69, 9.17) is 9.84 Å². The summed E-state index contributed by atoms with van der Waals surface area (Å²) in [4.78, 5) is 14.8. The number of nitrogens with zero attached hydrogens (tertiary/aromatic N) is 2. The van der Waals surface area contributed by atoms with Crippen LogP contribution in [0.5, 0.6) is 0 Å². The lowest BCUT2D eigenvalue weighted by molar-refractivity contribution is -0.133. The van der Waals surface area contributed by atoms with Crippen molar-refractivity contribution in [2.75, 3.05) is 26.2 Å². The molecule has 5 nitrogen and oxygen atoms in total. The number of morpholine rings is 2. The summed E-state index contributed by atoms with van der Waals surface area (Å²) in [5.74, 6) is 0. The van der Waals surface area contributed by atoms with Crippen LogP contribution in [-0.4, -0.2) is 59.4 Å². The molecule has 102 valence electrons. The second-order valence-corrected chi connectivity index (χ2v) is 5.25. The Hall–Kier alpha value is -1.59. The molecule has 0 aromatic heterocycles. The summed E-state index contributed by atoms with van der Waals surface area (Å²) >= 11 is 0. The molecular formula is C14H18N2O3. The molecule has 2 atom stereocenters. The highest BCUT2D eigenvalue weighted by atomic mass is 16.5. The molecule has 19 heavy (non-hydrogen) atoms. The van der Waals surface area contributed by atoms with Crippen LogP contribution in [0.25, 0.3) is 0 Å². The predicted octanol–water partition coefficient (Wildman–Crippen LogP) is 1.25. The fraction of sp³-hybridized carbons (Fsp3) is 0.500. The van der Waals surface area contributed by atoms with Gasteiger partial charge in [0.2, 0.25) is 0 Å². The third kappa shape index (κ3) is 2.88. The van der Waals surface area contributed by atoms with E-state index >= 15 is 0 Å². The van der Waals surface area contributed by atoms with Gasteiger partial charge in [-0.25, -0.2) is 4.79 Å². The monoisotopic (exact) mass is 262 g/mol. The van der Waals surface area contributed by atoms with Crippen molar-refractivity contribution in [1.29, 1.82) is 0 Å². The van der Waals surface area contributed by atoms with E-state index in [1.54, 1.807) is 0 Å². The summed E-state index contributed by atoms with van der Waals surface area (Å²) in [7, 11) is 0. The Balaban J connectivity index is 1.62. The van der Waals surface area contributed by atoms with E-state index < -0.39 is 6.09 Å². The molecule has 1 aromatic carbocycles. The minimum atomic E-state index is -0.838. The maximum Gasteiger partial charge on any atom is 0.407 e. The molecule has 0 saturated carbocycles. The van der Waals surface area contributed by atoms with Gasteiger partial charge >= 0.3 is 6.09 Å². The summed E-state index contributed by atoms with van der Waals surface area (Å²) in [6.07, 6.45) is -0.825. The van der Waals surface area contributed by atoms with Crippen molar-refractivity contribution in [3.63, 3.8) is 0 Å². The molecule has 2 heterocycles. The summed E-state index contributed by atoms with van der Waals surface area (Å²) in [6, 6.07) is 10.3. The van der Waals surface area contributed by atoms with Gasteiger partial charge in [0.25, 0.3) is 0 Å². The van der Waals surface area contributed by atoms with Crippen LogP contribution < -0.4 is 0 Å². The first-order chi connectivity index (χ1) is 9.20. The van der Waals surface area contributed by atoms with Crippen molar-refractivity contribution >= 4 is 6.09 Å². The number of benzene rings is 1. The van der Waals surface area contributed by atoms with Crippen LogP contribution in [0, 0.1) is 0 Å². The van der Waals surface area contributed by atoms with E-state index in [2.05, 4.69) is 17.0 Å². The van der Waals surface area contributed by atoms with Crippen LogP contribution in [0.3, 0.4) is 0 Å². The molecule has 5 heteroatoms. The van der Waals surface area contributed by atoms with E-state index in [0.29, 0.717) is 13.1 Å². The van der Waals surface area contributed by atoms with Crippen LogP contribution in [0.15, 0.2) is 30.3 Å². The Bertz CT molecular complexity index is 437. The highest BCUT2D eigenvalue weighted by Gasteiger charge is 2.36. The van der Waals surface area contributed by atoms with Crippen LogP contribution in [0.2, 0.25) is 0 Å². The van der Waals surface area contributed by atoms with Gasteiger partial charge in [-0.1, -0.05) is 30.3 Å². The molecule has 0 spiro atoms. The molecule has 0 radical (unpaired) electrons. The predicted molar refractivity (Wildman–Crippen MR) is 70.0 cm³/mol. The van der Waals surface area contributed by atoms with Crippen molar-refractivity contribution in [3.05, 3.63) is 35.9 Å². The number of fused-ring (bicyclic) bond motifs is 2. The third-order valence-corrected chi connectivity index (χ3v) is 3.68. The van der Waals surface area contributed by atoms with Gasteiger partial charge in [0.1, 0.15) is 0 Å². The number of carboxylic acid groups (broad SMARTS) is 1. The second-order valence-electron chi connectivity index (χ2n) is 5.25. The number of carbonyl (C=O) groups is 1. The summed E-state index contributed by atoms with van der Waals surface area (Å²) in [5, 5.41) is 9.05. The zero-order chi connectivity index (χ0) is 13.2. The van der Waals surface area contributed by atoms with Gasteiger partial charge in [0, 0.05) is 19.6 Å². The molecule has 1 N–H and O–H groups in total. The maximum absolute atomic E-state index is 11.0. The van der Waals surface area contributed by atoms with E-state index in [9.17, 15) is 4.79 Å². The number of ether oxygens (including phenoxy) is 1. The Morgan fingerprint density at radius 1 is 1.16 bits per heavy atom. The van der Waals surface area contributed by atoms with Crippen LogP contribution in [0.1, 0.15) is 5.56 Å². The first-order valence-electron chi connectivity index (χ1n) is 6.60. The van der Waals surface area contributed by atoms with Crippen molar-refractivity contribution in [2.45, 2.75) is 18.8 Å². The SMILES string of the molecule is O=C(O)N1CC2CN(Cc3ccccc3)CC(C1)O2. The standard InChI is InChI=1S/C14H18N2O3/c17-14(18)16-9-12-7-15(8-13(10-16)19-12)6-11-4-2-1-3-5-11/h1-5,12-13H,6-10H2,(H,17,18). The van der Waals surface area contributed by atoms with Gasteiger partial charge in [-0.05, 0) is 5.56 Å². The lowest BCUT2D eigenvalue weighted by Crippen LogP contribution is -2.60. The summed E-state index contributed by atoms with van der Waals surface area (Å²) in [5.41, 5.74) is 1.29. The van der Waals surface area contributed by atoms with Crippen molar-refractivity contribution in [2.24, 2.45) is 0 Å². The number of hydrogen-bond donors (Lipinski definition) is 1. The van der Waals surface area contributed by atoms with Gasteiger partial charge in [-0.2, -0.15) is 0 Å². The molecule has 3 rings (SSSR count). The topological polar surface area (TPSA) is 53.0 Å². The minimum absolute atomic E-state index is 0.00677. The summed E-state index contributed by atoms with van der Waals surface area (Å²) < 4.78 is 5.82. The lowest BCUT2D eigenvalue weighted by Gasteiger charge is -2.44. The average molecular weight is 262 g/mol. The van der Waals surface area contributed by atoms with Crippen molar-refractivity contribution in [1.82, 2.24) is 9.80 Å². The molecule has 2 bridgehead atoms. The number of rotatable bonds is 2. The normalized spacial score (nSPS) is 27.3. The van der Waals surface area contributed by atoms with Crippen LogP contribution >= 0.6 is 0 Å². The highest BCUT2D eigenvalue weighted by Crippen LogP contribution is 2.20. The molecule has 2 aliphatic heterocycles. The van der Waals surface area contributed by atoms with Gasteiger partial charge in [-0.3, -0.25) is 4.90 Å². The molecular weight excluding hydrogens is 244 g/mol. The third-order valence-electron chi connectivity index (χ3n) is 3.68. The Labute approximate surface area is 112 Å². The molecule has 2 saturated heterocycles. The molecule has 0 aliphatic carbocycles. The Kier molecular flexibility index (Phi) is 3.40. The lowest BCUT2D eigenvalue weighted by atomic mass is 10.1. The molecule has 1 amide bonds. The number of hydrogen-bond acceptors (Lipinski definition) is 3. The zero-order valence-electron chi connectivity index (χ0n) is 10.7. The first-order valence-corrected chi connectivity index (χ1v) is 6.60. The minimum Gasteiger partial charge on any atom is -0.465 e. The van der Waals surface area contributed by atoms with E-state index in [0.717, 1.165) is 19.6 Å². The Morgan fingerprint density at radius 3 is 2.37 bits per heavy atom. The van der Waals surface area contributed by atoms with Gasteiger partial charge in [0.15, 0.2) is 0 Å². The van der Waals surface area contributed by atoms with Gasteiger partial charge < -0.3 is 14.7 Å². The van der Waals surface area contributed by atoms with E-state index in [1.807, 2.05) is 18.2 Å². The highest BCUT2D eigenvalue weighted by molar-refractivity contribution is 5.65. The Morgan fingerprint density at radius 2 is 1.79 bits per heavy atom. The molecule has 2 aliphatic rings. The van der Waals surface area contributed by atoms with Gasteiger partial charge in [0.05, 0.1) is 25.3 Å². The smallest absolute Gasteiger partial charge is 0.407 e. The first kappa shape index (κ1) is 12.4. The quantitative estimate of drug-likeness (QED) is 0.871.